The van der Waals surface area contributed by atoms with Crippen LogP contribution in [-0.4, -0.2) is 36.8 Å². The lowest BCUT2D eigenvalue weighted by molar-refractivity contribution is 0.298. The monoisotopic (exact) mass is 285 g/mol. The van der Waals surface area contributed by atoms with Crippen LogP contribution in [0.1, 0.15) is 17.1 Å². The number of benzene rings is 1. The van der Waals surface area contributed by atoms with Gasteiger partial charge in [0, 0.05) is 24.8 Å². The van der Waals surface area contributed by atoms with Crippen LogP contribution in [-0.2, 0) is 13.0 Å². The Bertz CT molecular complexity index is 717. The molecular formula is C14H15N5O2. The molecule has 0 saturated heterocycles. The lowest BCUT2D eigenvalue weighted by atomic mass is 10.1. The number of aromatic nitrogens is 5. The first-order chi connectivity index (χ1) is 10.2. The highest BCUT2D eigenvalue weighted by Crippen LogP contribution is 2.17. The zero-order valence-corrected chi connectivity index (χ0v) is 11.6. The molecule has 0 atom stereocenters. The minimum atomic E-state index is 0.0540. The van der Waals surface area contributed by atoms with Crippen molar-refractivity contribution in [2.24, 2.45) is 0 Å². The molecule has 2 heterocycles. The fourth-order valence-electron chi connectivity index (χ4n) is 1.92. The van der Waals surface area contributed by atoms with E-state index in [4.69, 9.17) is 9.63 Å². The third-order valence-electron chi connectivity index (χ3n) is 3.02. The number of aliphatic hydroxyl groups excluding tert-OH is 1. The van der Waals surface area contributed by atoms with Gasteiger partial charge in [-0.3, -0.25) is 0 Å². The molecule has 2 aromatic heterocycles. The molecule has 0 radical (unpaired) electrons. The van der Waals surface area contributed by atoms with Crippen LogP contribution in [0.4, 0.5) is 0 Å². The lowest BCUT2D eigenvalue weighted by Gasteiger charge is -1.94. The summed E-state index contributed by atoms with van der Waals surface area (Å²) in [5.74, 6) is 1.02. The quantitative estimate of drug-likeness (QED) is 0.758. The molecule has 0 spiro atoms. The number of nitrogens with zero attached hydrogens (tertiary/aromatic N) is 5. The van der Waals surface area contributed by atoms with Crippen LogP contribution in [0.15, 0.2) is 35.0 Å². The van der Waals surface area contributed by atoms with Gasteiger partial charge in [0.25, 0.3) is 5.89 Å². The van der Waals surface area contributed by atoms with Gasteiger partial charge in [0.15, 0.2) is 5.82 Å². The molecule has 1 N–H and O–H groups in total. The Kier molecular flexibility index (Phi) is 3.74. The van der Waals surface area contributed by atoms with Gasteiger partial charge in [0.2, 0.25) is 0 Å². The molecule has 0 fully saturated rings. The summed E-state index contributed by atoms with van der Waals surface area (Å²) in [6.07, 6.45) is 2.25. The molecule has 0 saturated carbocycles. The van der Waals surface area contributed by atoms with E-state index in [1.807, 2.05) is 31.2 Å². The summed E-state index contributed by atoms with van der Waals surface area (Å²) in [6.45, 7) is 2.46. The van der Waals surface area contributed by atoms with Crippen molar-refractivity contribution in [1.82, 2.24) is 25.1 Å². The summed E-state index contributed by atoms with van der Waals surface area (Å²) < 4.78 is 6.87. The van der Waals surface area contributed by atoms with E-state index in [1.54, 1.807) is 10.9 Å². The topological polar surface area (TPSA) is 89.9 Å². The van der Waals surface area contributed by atoms with E-state index < -0.39 is 0 Å². The number of hydrogen-bond donors (Lipinski definition) is 1. The van der Waals surface area contributed by atoms with Crippen molar-refractivity contribution in [3.63, 3.8) is 0 Å². The third kappa shape index (κ3) is 3.14. The van der Waals surface area contributed by atoms with Gasteiger partial charge < -0.3 is 9.63 Å². The standard InChI is InChI=1S/C14H15N5O2/c1-10-2-4-11(5-3-10)14-15-13(17-21-14)9-19-8-12(6-7-20)16-18-19/h2-5,8,20H,6-7,9H2,1H3. The van der Waals surface area contributed by atoms with Crippen molar-refractivity contribution < 1.29 is 9.63 Å². The first-order valence-corrected chi connectivity index (χ1v) is 6.64. The molecule has 0 aliphatic heterocycles. The molecule has 1 aromatic carbocycles. The van der Waals surface area contributed by atoms with Gasteiger partial charge in [-0.1, -0.05) is 28.1 Å². The maximum absolute atomic E-state index is 8.85. The molecule has 7 nitrogen and oxygen atoms in total. The minimum Gasteiger partial charge on any atom is -0.396 e. The van der Waals surface area contributed by atoms with Gasteiger partial charge in [0.05, 0.1) is 5.69 Å². The summed E-state index contributed by atoms with van der Waals surface area (Å²) in [6, 6.07) is 7.89. The Hall–Kier alpha value is -2.54. The van der Waals surface area contributed by atoms with Crippen molar-refractivity contribution in [2.75, 3.05) is 6.61 Å². The molecular weight excluding hydrogens is 270 g/mol. The number of rotatable bonds is 5. The number of aliphatic hydroxyl groups is 1. The Labute approximate surface area is 121 Å². The SMILES string of the molecule is Cc1ccc(-c2nc(Cn3cc(CCO)nn3)no2)cc1. The van der Waals surface area contributed by atoms with E-state index >= 15 is 0 Å². The molecule has 3 aromatic rings. The van der Waals surface area contributed by atoms with Crippen LogP contribution in [0.3, 0.4) is 0 Å². The summed E-state index contributed by atoms with van der Waals surface area (Å²) in [4.78, 5) is 4.34. The molecule has 3 rings (SSSR count). The first kappa shape index (κ1) is 13.4. The van der Waals surface area contributed by atoms with Crippen LogP contribution >= 0.6 is 0 Å². The average molecular weight is 285 g/mol. The van der Waals surface area contributed by atoms with E-state index in [0.29, 0.717) is 24.7 Å². The molecule has 0 aliphatic rings. The predicted molar refractivity (Wildman–Crippen MR) is 74.4 cm³/mol. The van der Waals surface area contributed by atoms with Gasteiger partial charge in [0.1, 0.15) is 6.54 Å². The highest BCUT2D eigenvalue weighted by atomic mass is 16.5. The third-order valence-corrected chi connectivity index (χ3v) is 3.02. The van der Waals surface area contributed by atoms with E-state index in [9.17, 15) is 0 Å². The summed E-state index contributed by atoms with van der Waals surface area (Å²) in [7, 11) is 0. The van der Waals surface area contributed by atoms with Crippen molar-refractivity contribution in [2.45, 2.75) is 19.9 Å². The van der Waals surface area contributed by atoms with Crippen molar-refractivity contribution in [1.29, 1.82) is 0 Å². The Morgan fingerprint density at radius 3 is 2.81 bits per heavy atom. The van der Waals surface area contributed by atoms with Crippen LogP contribution in [0.5, 0.6) is 0 Å². The average Bonchev–Trinajstić information content (AvgIpc) is 3.11. The fraction of sp³-hybridized carbons (Fsp3) is 0.286. The van der Waals surface area contributed by atoms with Gasteiger partial charge >= 0.3 is 0 Å². The molecule has 0 unspecified atom stereocenters. The summed E-state index contributed by atoms with van der Waals surface area (Å²) in [5, 5.41) is 20.7. The zero-order chi connectivity index (χ0) is 14.7. The van der Waals surface area contributed by atoms with Gasteiger partial charge in [-0.05, 0) is 19.1 Å². The second-order valence-corrected chi connectivity index (χ2v) is 4.76. The molecule has 0 bridgehead atoms. The highest BCUT2D eigenvalue weighted by molar-refractivity contribution is 5.53. The first-order valence-electron chi connectivity index (χ1n) is 6.64. The number of aryl methyl sites for hydroxylation is 1. The Morgan fingerprint density at radius 1 is 1.24 bits per heavy atom. The van der Waals surface area contributed by atoms with Crippen molar-refractivity contribution in [3.05, 3.63) is 47.5 Å². The molecule has 7 heteroatoms. The van der Waals surface area contributed by atoms with E-state index in [-0.39, 0.29) is 6.61 Å². The lowest BCUT2D eigenvalue weighted by Crippen LogP contribution is -2.02. The van der Waals surface area contributed by atoms with Gasteiger partial charge in [-0.2, -0.15) is 4.98 Å². The van der Waals surface area contributed by atoms with Gasteiger partial charge in [-0.15, -0.1) is 5.10 Å². The van der Waals surface area contributed by atoms with Crippen LogP contribution in [0.2, 0.25) is 0 Å². The second-order valence-electron chi connectivity index (χ2n) is 4.76. The van der Waals surface area contributed by atoms with Crippen LogP contribution in [0.25, 0.3) is 11.5 Å². The van der Waals surface area contributed by atoms with E-state index in [1.165, 1.54) is 5.56 Å². The fourth-order valence-corrected chi connectivity index (χ4v) is 1.92. The molecule has 0 amide bonds. The maximum Gasteiger partial charge on any atom is 0.257 e. The van der Waals surface area contributed by atoms with Crippen LogP contribution in [0, 0.1) is 6.92 Å². The van der Waals surface area contributed by atoms with Crippen molar-refractivity contribution >= 4 is 0 Å². The second kappa shape index (κ2) is 5.84. The Morgan fingerprint density at radius 2 is 2.05 bits per heavy atom. The van der Waals surface area contributed by atoms with E-state index in [0.717, 1.165) is 11.3 Å². The van der Waals surface area contributed by atoms with Crippen molar-refractivity contribution in [3.8, 4) is 11.5 Å². The Balaban J connectivity index is 1.73. The molecule has 0 aliphatic carbocycles. The minimum absolute atomic E-state index is 0.0540. The van der Waals surface area contributed by atoms with E-state index in [2.05, 4.69) is 20.5 Å². The summed E-state index contributed by atoms with van der Waals surface area (Å²) in [5.41, 5.74) is 2.80. The van der Waals surface area contributed by atoms with Crippen LogP contribution < -0.4 is 0 Å². The maximum atomic E-state index is 8.85. The summed E-state index contributed by atoms with van der Waals surface area (Å²) >= 11 is 0. The highest BCUT2D eigenvalue weighted by Gasteiger charge is 2.10. The normalized spacial score (nSPS) is 11.0. The predicted octanol–water partition coefficient (Wildman–Crippen LogP) is 1.22. The number of hydrogen-bond acceptors (Lipinski definition) is 6. The van der Waals surface area contributed by atoms with Gasteiger partial charge in [-0.25, -0.2) is 4.68 Å². The molecule has 21 heavy (non-hydrogen) atoms. The molecule has 108 valence electrons. The zero-order valence-electron chi connectivity index (χ0n) is 11.6. The largest absolute Gasteiger partial charge is 0.396 e. The smallest absolute Gasteiger partial charge is 0.257 e.